The maximum Gasteiger partial charge on any atom is 0.234 e. The van der Waals surface area contributed by atoms with Gasteiger partial charge in [-0.05, 0) is 50.6 Å². The number of hydrogen-bond acceptors (Lipinski definition) is 5. The number of thiazole rings is 1. The van der Waals surface area contributed by atoms with Crippen molar-refractivity contribution in [2.45, 2.75) is 26.2 Å². The molecule has 2 N–H and O–H groups in total. The lowest BCUT2D eigenvalue weighted by molar-refractivity contribution is -0.130. The lowest BCUT2D eigenvalue weighted by Gasteiger charge is -2.35. The lowest BCUT2D eigenvalue weighted by Crippen LogP contribution is -2.47. The van der Waals surface area contributed by atoms with Crippen LogP contribution in [0.1, 0.15) is 29.0 Å². The second kappa shape index (κ2) is 8.48. The highest BCUT2D eigenvalue weighted by molar-refractivity contribution is 7.15. The topological polar surface area (TPSA) is 63.2 Å². The van der Waals surface area contributed by atoms with Crippen molar-refractivity contribution < 1.29 is 9.53 Å². The van der Waals surface area contributed by atoms with Crippen LogP contribution in [0.15, 0.2) is 24.3 Å². The summed E-state index contributed by atoms with van der Waals surface area (Å²) in [7, 11) is 1.65. The van der Waals surface area contributed by atoms with Crippen LogP contribution in [0.25, 0.3) is 0 Å². The molecule has 0 radical (unpaired) electrons. The molecule has 0 spiro atoms. The fourth-order valence-corrected chi connectivity index (χ4v) is 4.53. The number of anilines is 1. The number of carbonyl (C=O) groups excluding carboxylic acids is 1. The minimum Gasteiger partial charge on any atom is -0.384 e. The molecule has 0 saturated carbocycles. The van der Waals surface area contributed by atoms with E-state index in [-0.39, 0.29) is 5.91 Å². The predicted molar refractivity (Wildman–Crippen MR) is 106 cm³/mol. The third kappa shape index (κ3) is 4.43. The summed E-state index contributed by atoms with van der Waals surface area (Å²) < 4.78 is 5.34. The summed E-state index contributed by atoms with van der Waals surface area (Å²) in [6, 6.07) is 7.82. The summed E-state index contributed by atoms with van der Waals surface area (Å²) in [5.41, 5.74) is 1.60. The van der Waals surface area contributed by atoms with Crippen molar-refractivity contribution in [3.63, 3.8) is 0 Å². The molecule has 1 aliphatic heterocycles. The molecule has 0 bridgehead atoms. The van der Waals surface area contributed by atoms with E-state index >= 15 is 0 Å². The van der Waals surface area contributed by atoms with Gasteiger partial charge in [0.15, 0.2) is 5.13 Å². The van der Waals surface area contributed by atoms with Crippen LogP contribution in [-0.2, 0) is 16.0 Å². The van der Waals surface area contributed by atoms with E-state index in [1.165, 1.54) is 11.3 Å². The summed E-state index contributed by atoms with van der Waals surface area (Å²) in [6.07, 6.45) is 2.30. The van der Waals surface area contributed by atoms with Crippen molar-refractivity contribution >= 4 is 34.0 Å². The Labute approximate surface area is 163 Å². The molecule has 26 heavy (non-hydrogen) atoms. The van der Waals surface area contributed by atoms with Crippen LogP contribution in [-0.4, -0.2) is 37.7 Å². The molecule has 1 saturated heterocycles. The minimum atomic E-state index is -0.479. The Kier molecular flexibility index (Phi) is 6.29. The third-order valence-electron chi connectivity index (χ3n) is 4.83. The Hall–Kier alpha value is -1.47. The number of benzene rings is 1. The largest absolute Gasteiger partial charge is 0.384 e. The van der Waals surface area contributed by atoms with Crippen LogP contribution in [0, 0.1) is 12.3 Å². The molecule has 2 heterocycles. The Bertz CT molecular complexity index is 766. The molecule has 0 aliphatic carbocycles. The van der Waals surface area contributed by atoms with E-state index in [9.17, 15) is 4.79 Å². The van der Waals surface area contributed by atoms with Crippen LogP contribution in [0.3, 0.4) is 0 Å². The maximum atomic E-state index is 12.9. The molecule has 0 atom stereocenters. The molecule has 5 nitrogen and oxygen atoms in total. The molecule has 1 aromatic heterocycles. The summed E-state index contributed by atoms with van der Waals surface area (Å²) in [6.45, 7) is 4.06. The molecule has 2 aromatic rings. The van der Waals surface area contributed by atoms with Crippen molar-refractivity contribution in [3.8, 4) is 0 Å². The molecule has 1 fully saturated rings. The Morgan fingerprint density at radius 1 is 1.42 bits per heavy atom. The van der Waals surface area contributed by atoms with Gasteiger partial charge >= 0.3 is 0 Å². The number of aryl methyl sites for hydroxylation is 1. The molecule has 1 amide bonds. The van der Waals surface area contributed by atoms with Crippen LogP contribution in [0.2, 0.25) is 5.02 Å². The van der Waals surface area contributed by atoms with E-state index in [1.807, 2.05) is 31.2 Å². The Morgan fingerprint density at radius 2 is 2.19 bits per heavy atom. The number of nitrogens with zero attached hydrogens (tertiary/aromatic N) is 1. The van der Waals surface area contributed by atoms with Gasteiger partial charge in [0.25, 0.3) is 0 Å². The van der Waals surface area contributed by atoms with Crippen LogP contribution >= 0.6 is 22.9 Å². The first-order valence-corrected chi connectivity index (χ1v) is 9.94. The summed E-state index contributed by atoms with van der Waals surface area (Å²) in [5.74, 6) is 0.00362. The molecular weight excluding hydrogens is 370 g/mol. The zero-order valence-electron chi connectivity index (χ0n) is 15.1. The lowest BCUT2D eigenvalue weighted by atomic mass is 9.79. The molecule has 140 valence electrons. The van der Waals surface area contributed by atoms with E-state index in [2.05, 4.69) is 15.6 Å². The highest BCUT2D eigenvalue weighted by atomic mass is 35.5. The number of piperidine rings is 1. The van der Waals surface area contributed by atoms with Crippen molar-refractivity contribution in [2.24, 2.45) is 5.41 Å². The minimum absolute atomic E-state index is 0.00362. The maximum absolute atomic E-state index is 12.9. The van der Waals surface area contributed by atoms with Gasteiger partial charge in [-0.25, -0.2) is 4.98 Å². The number of rotatable bonds is 6. The van der Waals surface area contributed by atoms with Crippen molar-refractivity contribution in [1.82, 2.24) is 10.3 Å². The van der Waals surface area contributed by atoms with E-state index in [1.54, 1.807) is 7.11 Å². The summed E-state index contributed by atoms with van der Waals surface area (Å²) >= 11 is 7.60. The molecule has 1 aromatic carbocycles. The number of methoxy groups -OCH3 is 1. The van der Waals surface area contributed by atoms with Gasteiger partial charge in [0.2, 0.25) is 5.91 Å². The Balaban J connectivity index is 1.73. The number of aromatic nitrogens is 1. The number of carbonyl (C=O) groups is 1. The van der Waals surface area contributed by atoms with Crippen molar-refractivity contribution in [3.05, 3.63) is 45.4 Å². The SMILES string of the molecule is COCC1(C(=O)Nc2nc(C)c(Cc3cccc(Cl)c3)s2)CCNCC1. The second-order valence-electron chi connectivity index (χ2n) is 6.75. The van der Waals surface area contributed by atoms with Crippen molar-refractivity contribution in [2.75, 3.05) is 32.1 Å². The van der Waals surface area contributed by atoms with Gasteiger partial charge in [-0.3, -0.25) is 4.79 Å². The molecule has 0 unspecified atom stereocenters. The monoisotopic (exact) mass is 393 g/mol. The second-order valence-corrected chi connectivity index (χ2v) is 8.27. The van der Waals surface area contributed by atoms with Gasteiger partial charge in [-0.1, -0.05) is 23.7 Å². The standard InChI is InChI=1S/C19H24ClN3O2S/c1-13-16(11-14-4-3-5-15(20)10-14)26-18(22-13)23-17(24)19(12-25-2)6-8-21-9-7-19/h3-5,10,21H,6-9,11-12H2,1-2H3,(H,22,23,24). The van der Waals surface area contributed by atoms with Crippen molar-refractivity contribution in [1.29, 1.82) is 0 Å². The first-order valence-electron chi connectivity index (χ1n) is 8.74. The van der Waals surface area contributed by atoms with E-state index < -0.39 is 5.41 Å². The number of ether oxygens (including phenoxy) is 1. The average molecular weight is 394 g/mol. The average Bonchev–Trinajstić information content (AvgIpc) is 2.95. The highest BCUT2D eigenvalue weighted by Gasteiger charge is 2.40. The van der Waals surface area contributed by atoms with Crippen LogP contribution < -0.4 is 10.6 Å². The van der Waals surface area contributed by atoms with Gasteiger partial charge in [0.05, 0.1) is 17.7 Å². The summed E-state index contributed by atoms with van der Waals surface area (Å²) in [5, 5.41) is 7.71. The van der Waals surface area contributed by atoms with Gasteiger partial charge in [0, 0.05) is 23.4 Å². The number of hydrogen-bond donors (Lipinski definition) is 2. The number of nitrogens with one attached hydrogen (secondary N) is 2. The number of amides is 1. The fourth-order valence-electron chi connectivity index (χ4n) is 3.33. The number of halogens is 1. The first kappa shape index (κ1) is 19.3. The van der Waals surface area contributed by atoms with E-state index in [4.69, 9.17) is 16.3 Å². The Morgan fingerprint density at radius 3 is 2.88 bits per heavy atom. The van der Waals surface area contributed by atoms with Crippen LogP contribution in [0.4, 0.5) is 5.13 Å². The zero-order valence-corrected chi connectivity index (χ0v) is 16.7. The smallest absolute Gasteiger partial charge is 0.234 e. The zero-order chi connectivity index (χ0) is 18.6. The van der Waals surface area contributed by atoms with E-state index in [0.29, 0.717) is 11.7 Å². The molecule has 1 aliphatic rings. The third-order valence-corrected chi connectivity index (χ3v) is 6.14. The van der Waals surface area contributed by atoms with Gasteiger partial charge < -0.3 is 15.4 Å². The van der Waals surface area contributed by atoms with Gasteiger partial charge in [-0.2, -0.15) is 0 Å². The first-order chi connectivity index (χ1) is 12.5. The van der Waals surface area contributed by atoms with Gasteiger partial charge in [-0.15, -0.1) is 11.3 Å². The predicted octanol–water partition coefficient (Wildman–Crippen LogP) is 3.65. The fraction of sp³-hybridized carbons (Fsp3) is 0.474. The van der Waals surface area contributed by atoms with Crippen LogP contribution in [0.5, 0.6) is 0 Å². The van der Waals surface area contributed by atoms with Gasteiger partial charge in [0.1, 0.15) is 0 Å². The van der Waals surface area contributed by atoms with E-state index in [0.717, 1.165) is 53.5 Å². The quantitative estimate of drug-likeness (QED) is 0.786. The molecule has 3 rings (SSSR count). The highest BCUT2D eigenvalue weighted by Crippen LogP contribution is 2.32. The summed E-state index contributed by atoms with van der Waals surface area (Å²) in [4.78, 5) is 18.6. The molecular formula is C19H24ClN3O2S. The molecule has 7 heteroatoms. The normalized spacial score (nSPS) is 16.4.